The summed E-state index contributed by atoms with van der Waals surface area (Å²) in [6.07, 6.45) is -4.47. The van der Waals surface area contributed by atoms with Crippen LogP contribution in [0.2, 0.25) is 0 Å². The standard InChI is InChI=1S/C16H21F3N2O2/c1-15(2,14(23)21(5)10-13(22)20(3)4)11-7-6-8-12(9-11)16(17,18)19/h6-9H,10H2,1-5H3. The highest BCUT2D eigenvalue weighted by atomic mass is 19.4. The average Bonchev–Trinajstić information content (AvgIpc) is 2.45. The van der Waals surface area contributed by atoms with Gasteiger partial charge in [0.05, 0.1) is 17.5 Å². The van der Waals surface area contributed by atoms with Crippen molar-refractivity contribution in [2.24, 2.45) is 0 Å². The zero-order valence-electron chi connectivity index (χ0n) is 13.9. The molecule has 4 nitrogen and oxygen atoms in total. The van der Waals surface area contributed by atoms with Gasteiger partial charge in [-0.3, -0.25) is 9.59 Å². The summed E-state index contributed by atoms with van der Waals surface area (Å²) in [5, 5.41) is 0. The molecule has 0 bridgehead atoms. The Morgan fingerprint density at radius 1 is 1.04 bits per heavy atom. The van der Waals surface area contributed by atoms with Crippen LogP contribution in [0.1, 0.15) is 25.0 Å². The number of rotatable bonds is 4. The predicted molar refractivity (Wildman–Crippen MR) is 80.8 cm³/mol. The molecule has 7 heteroatoms. The number of amides is 2. The fourth-order valence-electron chi connectivity index (χ4n) is 2.10. The summed E-state index contributed by atoms with van der Waals surface area (Å²) < 4.78 is 38.5. The van der Waals surface area contributed by atoms with Gasteiger partial charge in [0.2, 0.25) is 11.8 Å². The number of carbonyl (C=O) groups is 2. The van der Waals surface area contributed by atoms with Crippen molar-refractivity contribution < 1.29 is 22.8 Å². The number of benzene rings is 1. The Hall–Kier alpha value is -2.05. The van der Waals surface area contributed by atoms with Gasteiger partial charge in [0, 0.05) is 21.1 Å². The first-order valence-corrected chi connectivity index (χ1v) is 7.01. The Morgan fingerprint density at radius 2 is 1.57 bits per heavy atom. The minimum atomic E-state index is -4.47. The van der Waals surface area contributed by atoms with Crippen molar-refractivity contribution in [1.29, 1.82) is 0 Å². The summed E-state index contributed by atoms with van der Waals surface area (Å²) in [6, 6.07) is 4.69. The molecule has 0 fully saturated rings. The van der Waals surface area contributed by atoms with E-state index in [4.69, 9.17) is 0 Å². The fraction of sp³-hybridized carbons (Fsp3) is 0.500. The normalized spacial score (nSPS) is 12.0. The second-order valence-corrected chi connectivity index (χ2v) is 6.15. The molecule has 0 saturated carbocycles. The first kappa shape index (κ1) is 19.0. The van der Waals surface area contributed by atoms with Crippen LogP contribution in [0.3, 0.4) is 0 Å². The summed E-state index contributed by atoms with van der Waals surface area (Å²) in [5.41, 5.74) is -1.73. The third kappa shape index (κ3) is 4.46. The van der Waals surface area contributed by atoms with Gasteiger partial charge < -0.3 is 9.80 Å². The molecule has 0 aliphatic carbocycles. The number of likely N-dealkylation sites (N-methyl/N-ethyl adjacent to an activating group) is 2. The van der Waals surface area contributed by atoms with Crippen molar-refractivity contribution in [3.8, 4) is 0 Å². The van der Waals surface area contributed by atoms with Gasteiger partial charge >= 0.3 is 6.18 Å². The molecule has 0 saturated heterocycles. The maximum Gasteiger partial charge on any atom is 0.416 e. The molecule has 0 aromatic heterocycles. The molecule has 2 amide bonds. The van der Waals surface area contributed by atoms with Crippen LogP contribution in [0.5, 0.6) is 0 Å². The van der Waals surface area contributed by atoms with Gasteiger partial charge in [-0.15, -0.1) is 0 Å². The highest BCUT2D eigenvalue weighted by Crippen LogP contribution is 2.33. The molecule has 0 aliphatic rings. The smallest absolute Gasteiger partial charge is 0.347 e. The van der Waals surface area contributed by atoms with Gasteiger partial charge in [-0.2, -0.15) is 13.2 Å². The average molecular weight is 330 g/mol. The van der Waals surface area contributed by atoms with E-state index in [-0.39, 0.29) is 18.0 Å². The second-order valence-electron chi connectivity index (χ2n) is 6.15. The third-order valence-corrected chi connectivity index (χ3v) is 3.66. The van der Waals surface area contributed by atoms with E-state index in [2.05, 4.69) is 0 Å². The Balaban J connectivity index is 3.06. The topological polar surface area (TPSA) is 40.6 Å². The quantitative estimate of drug-likeness (QED) is 0.851. The van der Waals surface area contributed by atoms with E-state index in [1.54, 1.807) is 27.9 Å². The maximum atomic E-state index is 12.8. The van der Waals surface area contributed by atoms with Crippen molar-refractivity contribution in [1.82, 2.24) is 9.80 Å². The lowest BCUT2D eigenvalue weighted by molar-refractivity contribution is -0.141. The van der Waals surface area contributed by atoms with Crippen LogP contribution in [0, 0.1) is 0 Å². The van der Waals surface area contributed by atoms with Crippen molar-refractivity contribution >= 4 is 11.8 Å². The lowest BCUT2D eigenvalue weighted by Gasteiger charge is -2.30. The Morgan fingerprint density at radius 3 is 2.04 bits per heavy atom. The van der Waals surface area contributed by atoms with E-state index in [0.29, 0.717) is 0 Å². The number of halogens is 3. The lowest BCUT2D eigenvalue weighted by atomic mass is 9.82. The molecule has 0 unspecified atom stereocenters. The number of alkyl halides is 3. The predicted octanol–water partition coefficient (Wildman–Crippen LogP) is 2.53. The van der Waals surface area contributed by atoms with Crippen LogP contribution in [0.4, 0.5) is 13.2 Å². The van der Waals surface area contributed by atoms with Crippen LogP contribution in [-0.2, 0) is 21.2 Å². The summed E-state index contributed by atoms with van der Waals surface area (Å²) in [4.78, 5) is 26.8. The SMILES string of the molecule is CN(C)C(=O)CN(C)C(=O)C(C)(C)c1cccc(C(F)(F)F)c1. The Labute approximate surface area is 133 Å². The number of carbonyl (C=O) groups excluding carboxylic acids is 2. The monoisotopic (exact) mass is 330 g/mol. The number of hydrogen-bond acceptors (Lipinski definition) is 2. The first-order chi connectivity index (χ1) is 10.4. The molecule has 0 atom stereocenters. The molecule has 1 rings (SSSR count). The highest BCUT2D eigenvalue weighted by Gasteiger charge is 2.36. The van der Waals surface area contributed by atoms with E-state index in [9.17, 15) is 22.8 Å². The minimum Gasteiger partial charge on any atom is -0.347 e. The van der Waals surface area contributed by atoms with Crippen LogP contribution in [0.15, 0.2) is 24.3 Å². The van der Waals surface area contributed by atoms with Gasteiger partial charge in [-0.25, -0.2) is 0 Å². The van der Waals surface area contributed by atoms with Crippen LogP contribution in [-0.4, -0.2) is 49.3 Å². The van der Waals surface area contributed by atoms with Gasteiger partial charge in [0.1, 0.15) is 0 Å². The van der Waals surface area contributed by atoms with Gasteiger partial charge in [0.25, 0.3) is 0 Å². The van der Waals surface area contributed by atoms with Crippen molar-refractivity contribution in [2.75, 3.05) is 27.7 Å². The zero-order chi connectivity index (χ0) is 18.0. The van der Waals surface area contributed by atoms with E-state index in [1.165, 1.54) is 29.0 Å². The molecule has 23 heavy (non-hydrogen) atoms. The third-order valence-electron chi connectivity index (χ3n) is 3.66. The second kappa shape index (κ2) is 6.60. The van der Waals surface area contributed by atoms with Crippen molar-refractivity contribution in [3.63, 3.8) is 0 Å². The van der Waals surface area contributed by atoms with E-state index in [0.717, 1.165) is 12.1 Å². The molecular weight excluding hydrogens is 309 g/mol. The summed E-state index contributed by atoms with van der Waals surface area (Å²) in [6.45, 7) is 2.96. The van der Waals surface area contributed by atoms with E-state index < -0.39 is 23.1 Å². The summed E-state index contributed by atoms with van der Waals surface area (Å²) in [5.74, 6) is -0.687. The first-order valence-electron chi connectivity index (χ1n) is 7.01. The van der Waals surface area contributed by atoms with E-state index >= 15 is 0 Å². The molecule has 0 N–H and O–H groups in total. The van der Waals surface area contributed by atoms with Gasteiger partial charge in [-0.05, 0) is 25.5 Å². The molecule has 1 aromatic rings. The molecule has 0 spiro atoms. The molecular formula is C16H21F3N2O2. The van der Waals surface area contributed by atoms with E-state index in [1.807, 2.05) is 0 Å². The molecule has 1 aromatic carbocycles. The molecule has 0 aliphatic heterocycles. The fourth-order valence-corrected chi connectivity index (χ4v) is 2.10. The lowest BCUT2D eigenvalue weighted by Crippen LogP contribution is -2.45. The molecule has 0 heterocycles. The highest BCUT2D eigenvalue weighted by molar-refractivity contribution is 5.90. The molecule has 0 radical (unpaired) electrons. The van der Waals surface area contributed by atoms with Crippen molar-refractivity contribution in [3.05, 3.63) is 35.4 Å². The van der Waals surface area contributed by atoms with Crippen LogP contribution >= 0.6 is 0 Å². The Kier molecular flexibility index (Phi) is 5.45. The van der Waals surface area contributed by atoms with Crippen LogP contribution in [0.25, 0.3) is 0 Å². The van der Waals surface area contributed by atoms with Gasteiger partial charge in [0.15, 0.2) is 0 Å². The maximum absolute atomic E-state index is 12.8. The number of hydrogen-bond donors (Lipinski definition) is 0. The largest absolute Gasteiger partial charge is 0.416 e. The summed E-state index contributed by atoms with van der Waals surface area (Å²) in [7, 11) is 4.59. The van der Waals surface area contributed by atoms with Gasteiger partial charge in [-0.1, -0.05) is 18.2 Å². The summed E-state index contributed by atoms with van der Waals surface area (Å²) >= 11 is 0. The zero-order valence-corrected chi connectivity index (χ0v) is 13.9. The Bertz CT molecular complexity index is 595. The van der Waals surface area contributed by atoms with Crippen LogP contribution < -0.4 is 0 Å². The number of nitrogens with zero attached hydrogens (tertiary/aromatic N) is 2. The minimum absolute atomic E-state index is 0.131. The molecule has 128 valence electrons. The van der Waals surface area contributed by atoms with Crippen molar-refractivity contribution in [2.45, 2.75) is 25.4 Å².